The van der Waals surface area contributed by atoms with E-state index >= 15 is 0 Å². The van der Waals surface area contributed by atoms with Gasteiger partial charge in [-0.3, -0.25) is 0 Å². The molecule has 0 aliphatic heterocycles. The molecule has 1 aliphatic carbocycles. The van der Waals surface area contributed by atoms with Crippen LogP contribution in [0.15, 0.2) is 24.3 Å². The minimum Gasteiger partial charge on any atom is -0.395 e. The predicted molar refractivity (Wildman–Crippen MR) is 84.1 cm³/mol. The number of nitrogens with zero attached hydrogens (tertiary/aromatic N) is 1. The van der Waals surface area contributed by atoms with Crippen LogP contribution in [-0.4, -0.2) is 35.7 Å². The molecule has 1 atom stereocenters. The first-order valence-electron chi connectivity index (χ1n) is 7.86. The molecule has 4 heteroatoms. The Hall–Kier alpha value is -1.55. The zero-order valence-electron chi connectivity index (χ0n) is 13.0. The molecule has 2 N–H and O–H groups in total. The third-order valence-electron chi connectivity index (χ3n) is 4.08. The van der Waals surface area contributed by atoms with Gasteiger partial charge < -0.3 is 15.3 Å². The summed E-state index contributed by atoms with van der Waals surface area (Å²) in [5.74, 6) is 0.573. The van der Waals surface area contributed by atoms with Crippen LogP contribution in [0.3, 0.4) is 0 Å². The van der Waals surface area contributed by atoms with E-state index < -0.39 is 0 Å². The Morgan fingerprint density at radius 1 is 1.43 bits per heavy atom. The average Bonchev–Trinajstić information content (AvgIpc) is 2.88. The second kappa shape index (κ2) is 7.46. The summed E-state index contributed by atoms with van der Waals surface area (Å²) < 4.78 is 0. The van der Waals surface area contributed by atoms with Crippen LogP contribution in [-0.2, 0) is 6.42 Å². The molecular weight excluding hydrogens is 264 g/mol. The molecule has 21 heavy (non-hydrogen) atoms. The fourth-order valence-corrected chi connectivity index (χ4v) is 2.93. The van der Waals surface area contributed by atoms with E-state index in [9.17, 15) is 9.90 Å². The van der Waals surface area contributed by atoms with Gasteiger partial charge in [0.15, 0.2) is 0 Å². The quantitative estimate of drug-likeness (QED) is 0.846. The fraction of sp³-hybridized carbons (Fsp3) is 0.588. The zero-order chi connectivity index (χ0) is 15.2. The first-order valence-corrected chi connectivity index (χ1v) is 7.86. The van der Waals surface area contributed by atoms with Crippen LogP contribution in [0.25, 0.3) is 0 Å². The van der Waals surface area contributed by atoms with Crippen LogP contribution < -0.4 is 5.32 Å². The third kappa shape index (κ3) is 3.97. The second-order valence-corrected chi connectivity index (χ2v) is 6.08. The molecule has 2 amide bonds. The van der Waals surface area contributed by atoms with Crippen molar-refractivity contribution in [2.45, 2.75) is 39.2 Å². The number of amides is 2. The lowest BCUT2D eigenvalue weighted by molar-refractivity contribution is 0.151. The molecule has 1 aromatic rings. The number of aryl methyl sites for hydroxylation is 1. The second-order valence-electron chi connectivity index (χ2n) is 6.08. The summed E-state index contributed by atoms with van der Waals surface area (Å²) >= 11 is 0. The maximum Gasteiger partial charge on any atom is 0.317 e. The molecule has 0 heterocycles. The highest BCUT2D eigenvalue weighted by molar-refractivity contribution is 5.75. The Bertz CT molecular complexity index is 474. The molecule has 0 bridgehead atoms. The van der Waals surface area contributed by atoms with Gasteiger partial charge in [-0.15, -0.1) is 0 Å². The largest absolute Gasteiger partial charge is 0.395 e. The number of nitrogens with one attached hydrogen (secondary N) is 1. The molecule has 1 unspecified atom stereocenters. The number of hydrogen-bond acceptors (Lipinski definition) is 2. The van der Waals surface area contributed by atoms with Gasteiger partial charge >= 0.3 is 6.03 Å². The van der Waals surface area contributed by atoms with E-state index in [-0.39, 0.29) is 18.7 Å². The van der Waals surface area contributed by atoms with Crippen LogP contribution in [0, 0.1) is 5.92 Å². The lowest BCUT2D eigenvalue weighted by Crippen LogP contribution is -2.43. The lowest BCUT2D eigenvalue weighted by atomic mass is 10.1. The van der Waals surface area contributed by atoms with E-state index in [2.05, 4.69) is 31.3 Å². The fourth-order valence-electron chi connectivity index (χ4n) is 2.93. The van der Waals surface area contributed by atoms with Gasteiger partial charge in [0, 0.05) is 13.1 Å². The first-order chi connectivity index (χ1) is 10.1. The standard InChI is InChI=1S/C17H26N2O2/c1-13(2)9-10-18-17(21)19(11-12-20)16-8-7-14-5-3-4-6-15(14)16/h3-6,13,16,20H,7-12H2,1-2H3,(H,18,21). The lowest BCUT2D eigenvalue weighted by Gasteiger charge is -2.29. The summed E-state index contributed by atoms with van der Waals surface area (Å²) in [6, 6.07) is 8.31. The Balaban J connectivity index is 2.04. The third-order valence-corrected chi connectivity index (χ3v) is 4.08. The molecule has 0 aromatic heterocycles. The summed E-state index contributed by atoms with van der Waals surface area (Å²) in [7, 11) is 0. The van der Waals surface area contributed by atoms with Gasteiger partial charge in [0.05, 0.1) is 12.6 Å². The van der Waals surface area contributed by atoms with Crippen LogP contribution in [0.1, 0.15) is 43.9 Å². The summed E-state index contributed by atoms with van der Waals surface area (Å²) in [5.41, 5.74) is 2.55. The zero-order valence-corrected chi connectivity index (χ0v) is 13.0. The predicted octanol–water partition coefficient (Wildman–Crippen LogP) is 2.72. The van der Waals surface area contributed by atoms with E-state index in [1.165, 1.54) is 11.1 Å². The van der Waals surface area contributed by atoms with Crippen molar-refractivity contribution in [1.29, 1.82) is 0 Å². The Kier molecular flexibility index (Phi) is 5.62. The van der Waals surface area contributed by atoms with Crippen molar-refractivity contribution in [3.63, 3.8) is 0 Å². The number of benzene rings is 1. The van der Waals surface area contributed by atoms with Gasteiger partial charge in [0.1, 0.15) is 0 Å². The van der Waals surface area contributed by atoms with Crippen molar-refractivity contribution < 1.29 is 9.90 Å². The molecular formula is C17H26N2O2. The SMILES string of the molecule is CC(C)CCNC(=O)N(CCO)C1CCc2ccccc21. The molecule has 0 fully saturated rings. The molecule has 1 aliphatic rings. The van der Waals surface area contributed by atoms with Crippen molar-refractivity contribution in [3.05, 3.63) is 35.4 Å². The monoisotopic (exact) mass is 290 g/mol. The number of carbonyl (C=O) groups is 1. The number of urea groups is 1. The van der Waals surface area contributed by atoms with Gasteiger partial charge in [0.2, 0.25) is 0 Å². The van der Waals surface area contributed by atoms with E-state index in [4.69, 9.17) is 0 Å². The molecule has 1 aromatic carbocycles. The Labute approximate surface area is 127 Å². The number of aliphatic hydroxyl groups is 1. The molecule has 4 nitrogen and oxygen atoms in total. The van der Waals surface area contributed by atoms with Crippen molar-refractivity contribution in [2.75, 3.05) is 19.7 Å². The van der Waals surface area contributed by atoms with Crippen molar-refractivity contribution in [2.24, 2.45) is 5.92 Å². The summed E-state index contributed by atoms with van der Waals surface area (Å²) in [4.78, 5) is 14.2. The molecule has 0 spiro atoms. The maximum atomic E-state index is 12.4. The smallest absolute Gasteiger partial charge is 0.317 e. The summed E-state index contributed by atoms with van der Waals surface area (Å²) in [6.45, 7) is 5.35. The number of rotatable bonds is 6. The van der Waals surface area contributed by atoms with E-state index in [0.717, 1.165) is 19.3 Å². The van der Waals surface area contributed by atoms with Crippen LogP contribution >= 0.6 is 0 Å². The molecule has 0 saturated heterocycles. The highest BCUT2D eigenvalue weighted by Crippen LogP contribution is 2.35. The Morgan fingerprint density at radius 2 is 2.19 bits per heavy atom. The van der Waals surface area contributed by atoms with Crippen molar-refractivity contribution in [1.82, 2.24) is 10.2 Å². The number of hydrogen-bond donors (Lipinski definition) is 2. The van der Waals surface area contributed by atoms with Crippen molar-refractivity contribution in [3.8, 4) is 0 Å². The first kappa shape index (κ1) is 15.8. The molecule has 116 valence electrons. The average molecular weight is 290 g/mol. The molecule has 0 saturated carbocycles. The highest BCUT2D eigenvalue weighted by Gasteiger charge is 2.30. The Morgan fingerprint density at radius 3 is 2.90 bits per heavy atom. The van der Waals surface area contributed by atoms with Gasteiger partial charge in [-0.1, -0.05) is 38.1 Å². The molecule has 0 radical (unpaired) electrons. The van der Waals surface area contributed by atoms with Crippen LogP contribution in [0.2, 0.25) is 0 Å². The molecule has 2 rings (SSSR count). The van der Waals surface area contributed by atoms with Crippen molar-refractivity contribution >= 4 is 6.03 Å². The minimum atomic E-state index is -0.0635. The topological polar surface area (TPSA) is 52.6 Å². The van der Waals surface area contributed by atoms with Crippen LogP contribution in [0.4, 0.5) is 4.79 Å². The summed E-state index contributed by atoms with van der Waals surface area (Å²) in [5, 5.41) is 12.3. The summed E-state index contributed by atoms with van der Waals surface area (Å²) in [6.07, 6.45) is 2.92. The minimum absolute atomic E-state index is 0.00370. The van der Waals surface area contributed by atoms with Gasteiger partial charge in [0.25, 0.3) is 0 Å². The van der Waals surface area contributed by atoms with Gasteiger partial charge in [-0.25, -0.2) is 4.79 Å². The van der Waals surface area contributed by atoms with Gasteiger partial charge in [-0.2, -0.15) is 0 Å². The number of aliphatic hydroxyl groups excluding tert-OH is 1. The highest BCUT2D eigenvalue weighted by atomic mass is 16.3. The van der Waals surface area contributed by atoms with Crippen LogP contribution in [0.5, 0.6) is 0 Å². The van der Waals surface area contributed by atoms with E-state index in [0.29, 0.717) is 19.0 Å². The number of fused-ring (bicyclic) bond motifs is 1. The van der Waals surface area contributed by atoms with E-state index in [1.54, 1.807) is 4.90 Å². The van der Waals surface area contributed by atoms with Gasteiger partial charge in [-0.05, 0) is 36.3 Å². The number of carbonyl (C=O) groups excluding carboxylic acids is 1. The maximum absolute atomic E-state index is 12.4. The normalized spacial score (nSPS) is 16.9. The van der Waals surface area contributed by atoms with E-state index in [1.807, 2.05) is 12.1 Å².